The van der Waals surface area contributed by atoms with Crippen molar-refractivity contribution < 1.29 is 9.18 Å². The van der Waals surface area contributed by atoms with Gasteiger partial charge in [0.15, 0.2) is 5.78 Å². The molecule has 0 aliphatic heterocycles. The van der Waals surface area contributed by atoms with Crippen molar-refractivity contribution in [3.8, 4) is 0 Å². The number of carbonyl (C=O) groups is 1. The summed E-state index contributed by atoms with van der Waals surface area (Å²) >= 11 is 0. The van der Waals surface area contributed by atoms with E-state index in [0.29, 0.717) is 5.56 Å². The molecule has 16 heavy (non-hydrogen) atoms. The first-order valence-electron chi connectivity index (χ1n) is 4.78. The van der Waals surface area contributed by atoms with Gasteiger partial charge in [0.2, 0.25) is 0 Å². The number of hydrogen-bond donors (Lipinski definition) is 0. The van der Waals surface area contributed by atoms with Crippen LogP contribution >= 0.6 is 0 Å². The Kier molecular flexibility index (Phi) is 3.00. The molecule has 0 saturated carbocycles. The van der Waals surface area contributed by atoms with Crippen LogP contribution in [0.1, 0.15) is 15.9 Å². The summed E-state index contributed by atoms with van der Waals surface area (Å²) < 4.78 is 12.6. The third kappa shape index (κ3) is 2.48. The molecule has 0 spiro atoms. The SMILES string of the molecule is O=C(Cc1ccc(F)cc1)c1cncnc1. The number of halogens is 1. The highest BCUT2D eigenvalue weighted by molar-refractivity contribution is 5.96. The Morgan fingerprint density at radius 1 is 1.12 bits per heavy atom. The fraction of sp³-hybridized carbons (Fsp3) is 0.0833. The molecule has 1 heterocycles. The standard InChI is InChI=1S/C12H9FN2O/c13-11-3-1-9(2-4-11)5-12(16)10-6-14-8-15-7-10/h1-4,6-8H,5H2. The van der Waals surface area contributed by atoms with Gasteiger partial charge in [-0.25, -0.2) is 14.4 Å². The van der Waals surface area contributed by atoms with Crippen molar-refractivity contribution in [2.45, 2.75) is 6.42 Å². The second-order valence-electron chi connectivity index (χ2n) is 3.35. The Hall–Kier alpha value is -2.10. The smallest absolute Gasteiger partial charge is 0.170 e. The molecule has 1 aromatic heterocycles. The van der Waals surface area contributed by atoms with Crippen LogP contribution in [0.2, 0.25) is 0 Å². The van der Waals surface area contributed by atoms with Crippen LogP contribution in [0.5, 0.6) is 0 Å². The first-order valence-corrected chi connectivity index (χ1v) is 4.78. The van der Waals surface area contributed by atoms with Gasteiger partial charge in [-0.2, -0.15) is 0 Å². The zero-order valence-corrected chi connectivity index (χ0v) is 8.43. The molecule has 0 aliphatic rings. The normalized spacial score (nSPS) is 10.1. The molecule has 1 aromatic carbocycles. The van der Waals surface area contributed by atoms with E-state index in [-0.39, 0.29) is 18.0 Å². The minimum absolute atomic E-state index is 0.0767. The van der Waals surface area contributed by atoms with Crippen molar-refractivity contribution in [1.29, 1.82) is 0 Å². The van der Waals surface area contributed by atoms with Gasteiger partial charge in [-0.05, 0) is 17.7 Å². The number of benzene rings is 1. The Bertz CT molecular complexity index is 482. The number of nitrogens with zero attached hydrogens (tertiary/aromatic N) is 2. The summed E-state index contributed by atoms with van der Waals surface area (Å²) in [6, 6.07) is 5.86. The Labute approximate surface area is 92.0 Å². The van der Waals surface area contributed by atoms with Gasteiger partial charge < -0.3 is 0 Å². The quantitative estimate of drug-likeness (QED) is 0.737. The number of ketones is 1. The lowest BCUT2D eigenvalue weighted by atomic mass is 10.1. The van der Waals surface area contributed by atoms with Crippen LogP contribution in [0.15, 0.2) is 43.0 Å². The lowest BCUT2D eigenvalue weighted by Gasteiger charge is -2.00. The predicted octanol–water partition coefficient (Wildman–Crippen LogP) is 2.04. The molecular formula is C12H9FN2O. The molecule has 0 atom stereocenters. The summed E-state index contributed by atoms with van der Waals surface area (Å²) in [7, 11) is 0. The maximum atomic E-state index is 12.6. The van der Waals surface area contributed by atoms with Crippen molar-refractivity contribution >= 4 is 5.78 Å². The molecule has 80 valence electrons. The molecule has 0 N–H and O–H groups in total. The second-order valence-corrected chi connectivity index (χ2v) is 3.35. The number of Topliss-reactive ketones (excluding diaryl/α,β-unsaturated/α-hetero) is 1. The molecule has 0 fully saturated rings. The van der Waals surface area contributed by atoms with Crippen molar-refractivity contribution in [2.75, 3.05) is 0 Å². The molecule has 3 nitrogen and oxygen atoms in total. The van der Waals surface area contributed by atoms with Gasteiger partial charge in [-0.15, -0.1) is 0 Å². The third-order valence-electron chi connectivity index (χ3n) is 2.16. The topological polar surface area (TPSA) is 42.9 Å². The summed E-state index contributed by atoms with van der Waals surface area (Å²) in [6.07, 6.45) is 4.54. The second kappa shape index (κ2) is 4.61. The zero-order chi connectivity index (χ0) is 11.4. The molecule has 4 heteroatoms. The van der Waals surface area contributed by atoms with E-state index in [1.165, 1.54) is 30.9 Å². The summed E-state index contributed by atoms with van der Waals surface area (Å²) in [5.74, 6) is -0.383. The lowest BCUT2D eigenvalue weighted by molar-refractivity contribution is 0.0992. The molecule has 0 bridgehead atoms. The first-order chi connectivity index (χ1) is 7.75. The van der Waals surface area contributed by atoms with E-state index >= 15 is 0 Å². The van der Waals surface area contributed by atoms with E-state index in [1.807, 2.05) is 0 Å². The monoisotopic (exact) mass is 216 g/mol. The van der Waals surface area contributed by atoms with E-state index in [4.69, 9.17) is 0 Å². The van der Waals surface area contributed by atoms with Crippen molar-refractivity contribution in [3.05, 3.63) is 59.9 Å². The Morgan fingerprint density at radius 3 is 2.38 bits per heavy atom. The summed E-state index contributed by atoms with van der Waals surface area (Å²) in [5, 5.41) is 0. The number of rotatable bonds is 3. The van der Waals surface area contributed by atoms with E-state index in [9.17, 15) is 9.18 Å². The first kappa shape index (κ1) is 10.4. The van der Waals surface area contributed by atoms with Crippen LogP contribution < -0.4 is 0 Å². The average molecular weight is 216 g/mol. The molecule has 0 radical (unpaired) electrons. The predicted molar refractivity (Wildman–Crippen MR) is 56.5 cm³/mol. The van der Waals surface area contributed by atoms with Gasteiger partial charge in [0.1, 0.15) is 12.1 Å². The summed E-state index contributed by atoms with van der Waals surface area (Å²) in [4.78, 5) is 19.3. The van der Waals surface area contributed by atoms with Crippen LogP contribution in [0.3, 0.4) is 0 Å². The minimum atomic E-state index is -0.306. The van der Waals surface area contributed by atoms with E-state index in [0.717, 1.165) is 5.56 Å². The van der Waals surface area contributed by atoms with Crippen LogP contribution in [0.25, 0.3) is 0 Å². The third-order valence-corrected chi connectivity index (χ3v) is 2.16. The van der Waals surface area contributed by atoms with E-state index < -0.39 is 0 Å². The molecule has 2 aromatic rings. The van der Waals surface area contributed by atoms with E-state index in [2.05, 4.69) is 9.97 Å². The maximum absolute atomic E-state index is 12.6. The van der Waals surface area contributed by atoms with Crippen LogP contribution in [0, 0.1) is 5.82 Å². The number of aromatic nitrogens is 2. The van der Waals surface area contributed by atoms with Crippen molar-refractivity contribution in [1.82, 2.24) is 9.97 Å². The Morgan fingerprint density at radius 2 is 1.75 bits per heavy atom. The summed E-state index contributed by atoms with van der Waals surface area (Å²) in [6.45, 7) is 0. The van der Waals surface area contributed by atoms with Crippen LogP contribution in [0.4, 0.5) is 4.39 Å². The Balaban J connectivity index is 2.11. The molecule has 0 saturated heterocycles. The zero-order valence-electron chi connectivity index (χ0n) is 8.43. The van der Waals surface area contributed by atoms with Gasteiger partial charge in [0.05, 0.1) is 5.56 Å². The van der Waals surface area contributed by atoms with Crippen LogP contribution in [-0.4, -0.2) is 15.8 Å². The highest BCUT2D eigenvalue weighted by atomic mass is 19.1. The van der Waals surface area contributed by atoms with Gasteiger partial charge in [-0.1, -0.05) is 12.1 Å². The molecule has 0 amide bonds. The minimum Gasteiger partial charge on any atom is -0.294 e. The number of carbonyl (C=O) groups excluding carboxylic acids is 1. The van der Waals surface area contributed by atoms with Gasteiger partial charge >= 0.3 is 0 Å². The summed E-state index contributed by atoms with van der Waals surface area (Å²) in [5.41, 5.74) is 1.24. The molecule has 0 unspecified atom stereocenters. The molecular weight excluding hydrogens is 207 g/mol. The highest BCUT2D eigenvalue weighted by Gasteiger charge is 2.07. The average Bonchev–Trinajstić information content (AvgIpc) is 2.33. The highest BCUT2D eigenvalue weighted by Crippen LogP contribution is 2.07. The van der Waals surface area contributed by atoms with Gasteiger partial charge in [-0.3, -0.25) is 4.79 Å². The van der Waals surface area contributed by atoms with Crippen molar-refractivity contribution in [3.63, 3.8) is 0 Å². The van der Waals surface area contributed by atoms with Crippen molar-refractivity contribution in [2.24, 2.45) is 0 Å². The lowest BCUT2D eigenvalue weighted by Crippen LogP contribution is -2.04. The van der Waals surface area contributed by atoms with Crippen LogP contribution in [-0.2, 0) is 6.42 Å². The fourth-order valence-corrected chi connectivity index (χ4v) is 1.33. The van der Waals surface area contributed by atoms with Gasteiger partial charge in [0.25, 0.3) is 0 Å². The maximum Gasteiger partial charge on any atom is 0.170 e. The molecule has 0 aliphatic carbocycles. The van der Waals surface area contributed by atoms with Gasteiger partial charge in [0, 0.05) is 18.8 Å². The molecule has 2 rings (SSSR count). The fourth-order valence-electron chi connectivity index (χ4n) is 1.33. The van der Waals surface area contributed by atoms with E-state index in [1.54, 1.807) is 12.1 Å². The number of hydrogen-bond acceptors (Lipinski definition) is 3. The largest absolute Gasteiger partial charge is 0.294 e.